The van der Waals surface area contributed by atoms with Crippen LogP contribution in [0.5, 0.6) is 11.5 Å². The van der Waals surface area contributed by atoms with Crippen molar-refractivity contribution in [3.63, 3.8) is 0 Å². The van der Waals surface area contributed by atoms with Crippen molar-refractivity contribution in [2.45, 2.75) is 13.3 Å². The highest BCUT2D eigenvalue weighted by atomic mass is 35.5. The summed E-state index contributed by atoms with van der Waals surface area (Å²) in [6, 6.07) is 8.85. The molecule has 6 heteroatoms. The summed E-state index contributed by atoms with van der Waals surface area (Å²) in [5, 5.41) is 3.92. The van der Waals surface area contributed by atoms with Crippen molar-refractivity contribution in [3.05, 3.63) is 57.6 Å². The average molecular weight is 378 g/mol. The van der Waals surface area contributed by atoms with E-state index < -0.39 is 0 Å². The minimum atomic E-state index is -0.242. The molecule has 0 aliphatic carbocycles. The molecule has 1 aliphatic rings. The maximum absolute atomic E-state index is 12.1. The Morgan fingerprint density at radius 2 is 1.96 bits per heavy atom. The number of hydrogen-bond donors (Lipinski definition) is 1. The predicted octanol–water partition coefficient (Wildman–Crippen LogP) is 5.12. The molecule has 25 heavy (non-hydrogen) atoms. The Balaban J connectivity index is 1.74. The van der Waals surface area contributed by atoms with Crippen LogP contribution in [0.3, 0.4) is 0 Å². The third kappa shape index (κ3) is 4.47. The Labute approximate surface area is 156 Å². The molecule has 0 aromatic heterocycles. The summed E-state index contributed by atoms with van der Waals surface area (Å²) in [6.45, 7) is 3.03. The number of nitrogens with one attached hydrogen (secondary N) is 1. The molecule has 2 aromatic rings. The Morgan fingerprint density at radius 1 is 1.16 bits per heavy atom. The van der Waals surface area contributed by atoms with Gasteiger partial charge in [-0.1, -0.05) is 23.2 Å². The SMILES string of the molecule is Cc1cc(Cl)ccc1NC(=O)/C=C/c1cc(Cl)c2c(c1)OCCCO2. The second-order valence-electron chi connectivity index (χ2n) is 5.66. The molecule has 1 N–H and O–H groups in total. The first kappa shape index (κ1) is 17.6. The first-order chi connectivity index (χ1) is 12.0. The second kappa shape index (κ2) is 7.81. The molecule has 0 atom stereocenters. The van der Waals surface area contributed by atoms with Crippen LogP contribution in [-0.2, 0) is 4.79 Å². The van der Waals surface area contributed by atoms with Gasteiger partial charge in [-0.25, -0.2) is 0 Å². The standard InChI is InChI=1S/C19H17Cl2NO3/c1-12-9-14(20)4-5-16(12)22-18(23)6-3-13-10-15(21)19-17(11-13)24-7-2-8-25-19/h3-6,9-11H,2,7-8H2,1H3,(H,22,23)/b6-3+. The molecule has 3 rings (SSSR count). The number of benzene rings is 2. The van der Waals surface area contributed by atoms with E-state index in [1.807, 2.05) is 13.0 Å². The third-order valence-electron chi connectivity index (χ3n) is 3.70. The number of amides is 1. The summed E-state index contributed by atoms with van der Waals surface area (Å²) in [5.41, 5.74) is 2.38. The summed E-state index contributed by atoms with van der Waals surface area (Å²) in [6.07, 6.45) is 3.93. The van der Waals surface area contributed by atoms with E-state index in [1.165, 1.54) is 6.08 Å². The van der Waals surface area contributed by atoms with E-state index in [-0.39, 0.29) is 5.91 Å². The molecule has 1 amide bonds. The Kier molecular flexibility index (Phi) is 5.51. The van der Waals surface area contributed by atoms with Gasteiger partial charge < -0.3 is 14.8 Å². The number of rotatable bonds is 3. The lowest BCUT2D eigenvalue weighted by Crippen LogP contribution is -2.08. The van der Waals surface area contributed by atoms with Crippen molar-refractivity contribution < 1.29 is 14.3 Å². The summed E-state index contributed by atoms with van der Waals surface area (Å²) >= 11 is 12.2. The molecular formula is C19H17Cl2NO3. The van der Waals surface area contributed by atoms with E-state index in [0.29, 0.717) is 34.8 Å². The van der Waals surface area contributed by atoms with E-state index in [0.717, 1.165) is 23.2 Å². The van der Waals surface area contributed by atoms with Gasteiger partial charge in [0.1, 0.15) is 0 Å². The van der Waals surface area contributed by atoms with Gasteiger partial charge in [0.05, 0.1) is 18.2 Å². The number of fused-ring (bicyclic) bond motifs is 1. The van der Waals surface area contributed by atoms with Crippen LogP contribution in [0.15, 0.2) is 36.4 Å². The summed E-state index contributed by atoms with van der Waals surface area (Å²) in [5.74, 6) is 0.907. The number of ether oxygens (including phenoxy) is 2. The number of hydrogen-bond acceptors (Lipinski definition) is 3. The Hall–Kier alpha value is -2.17. The van der Waals surface area contributed by atoms with Crippen molar-refractivity contribution in [2.75, 3.05) is 18.5 Å². The van der Waals surface area contributed by atoms with Crippen LogP contribution in [0.1, 0.15) is 17.5 Å². The molecule has 1 aliphatic heterocycles. The van der Waals surface area contributed by atoms with E-state index in [9.17, 15) is 4.79 Å². The summed E-state index contributed by atoms with van der Waals surface area (Å²) in [4.78, 5) is 12.1. The molecule has 0 unspecified atom stereocenters. The van der Waals surface area contributed by atoms with Gasteiger partial charge in [0.2, 0.25) is 5.91 Å². The Morgan fingerprint density at radius 3 is 2.76 bits per heavy atom. The highest BCUT2D eigenvalue weighted by Crippen LogP contribution is 2.38. The number of carbonyl (C=O) groups excluding carboxylic acids is 1. The molecule has 0 saturated heterocycles. The van der Waals surface area contributed by atoms with Gasteiger partial charge in [0.15, 0.2) is 11.5 Å². The second-order valence-corrected chi connectivity index (χ2v) is 6.51. The van der Waals surface area contributed by atoms with Gasteiger partial charge in [0.25, 0.3) is 0 Å². The van der Waals surface area contributed by atoms with Crippen LogP contribution >= 0.6 is 23.2 Å². The topological polar surface area (TPSA) is 47.6 Å². The molecule has 130 valence electrons. The van der Waals surface area contributed by atoms with Crippen molar-refractivity contribution in [1.29, 1.82) is 0 Å². The highest BCUT2D eigenvalue weighted by molar-refractivity contribution is 6.32. The smallest absolute Gasteiger partial charge is 0.248 e. The van der Waals surface area contributed by atoms with Crippen LogP contribution in [0.2, 0.25) is 10.0 Å². The molecule has 1 heterocycles. The van der Waals surface area contributed by atoms with Gasteiger partial charge in [-0.3, -0.25) is 4.79 Å². The maximum atomic E-state index is 12.1. The normalized spacial score (nSPS) is 13.6. The number of anilines is 1. The molecule has 0 spiro atoms. The van der Waals surface area contributed by atoms with Crippen molar-refractivity contribution >= 4 is 40.9 Å². The molecule has 2 aromatic carbocycles. The van der Waals surface area contributed by atoms with E-state index in [1.54, 1.807) is 30.3 Å². The van der Waals surface area contributed by atoms with Gasteiger partial charge >= 0.3 is 0 Å². The predicted molar refractivity (Wildman–Crippen MR) is 101 cm³/mol. The van der Waals surface area contributed by atoms with E-state index in [2.05, 4.69) is 5.32 Å². The van der Waals surface area contributed by atoms with Crippen LogP contribution in [0, 0.1) is 6.92 Å². The molecule has 4 nitrogen and oxygen atoms in total. The van der Waals surface area contributed by atoms with Crippen LogP contribution in [0.4, 0.5) is 5.69 Å². The molecular weight excluding hydrogens is 361 g/mol. The largest absolute Gasteiger partial charge is 0.489 e. The lowest BCUT2D eigenvalue weighted by molar-refractivity contribution is -0.111. The third-order valence-corrected chi connectivity index (χ3v) is 4.21. The fraction of sp³-hybridized carbons (Fsp3) is 0.211. The number of aryl methyl sites for hydroxylation is 1. The average Bonchev–Trinajstić information content (AvgIpc) is 2.81. The van der Waals surface area contributed by atoms with Gasteiger partial charge in [0, 0.05) is 23.2 Å². The minimum Gasteiger partial charge on any atom is -0.489 e. The van der Waals surface area contributed by atoms with Crippen LogP contribution in [0.25, 0.3) is 6.08 Å². The van der Waals surface area contributed by atoms with Crippen molar-refractivity contribution in [3.8, 4) is 11.5 Å². The van der Waals surface area contributed by atoms with Crippen LogP contribution < -0.4 is 14.8 Å². The van der Waals surface area contributed by atoms with Crippen LogP contribution in [-0.4, -0.2) is 19.1 Å². The zero-order valence-corrected chi connectivity index (χ0v) is 15.2. The van der Waals surface area contributed by atoms with E-state index in [4.69, 9.17) is 32.7 Å². The number of halogens is 2. The lowest BCUT2D eigenvalue weighted by atomic mass is 10.1. The fourth-order valence-electron chi connectivity index (χ4n) is 2.46. The minimum absolute atomic E-state index is 0.242. The molecule has 0 fully saturated rings. The lowest BCUT2D eigenvalue weighted by Gasteiger charge is -2.10. The summed E-state index contributed by atoms with van der Waals surface area (Å²) in [7, 11) is 0. The molecule has 0 radical (unpaired) electrons. The van der Waals surface area contributed by atoms with E-state index >= 15 is 0 Å². The highest BCUT2D eigenvalue weighted by Gasteiger charge is 2.15. The Bertz CT molecular complexity index is 834. The van der Waals surface area contributed by atoms with Gasteiger partial charge in [-0.2, -0.15) is 0 Å². The maximum Gasteiger partial charge on any atom is 0.248 e. The zero-order chi connectivity index (χ0) is 17.8. The fourth-order valence-corrected chi connectivity index (χ4v) is 2.96. The molecule has 0 bridgehead atoms. The zero-order valence-electron chi connectivity index (χ0n) is 13.6. The monoisotopic (exact) mass is 377 g/mol. The molecule has 0 saturated carbocycles. The quantitative estimate of drug-likeness (QED) is 0.755. The first-order valence-corrected chi connectivity index (χ1v) is 8.63. The van der Waals surface area contributed by atoms with Gasteiger partial charge in [-0.15, -0.1) is 0 Å². The summed E-state index contributed by atoms with van der Waals surface area (Å²) < 4.78 is 11.2. The first-order valence-electron chi connectivity index (χ1n) is 7.87. The van der Waals surface area contributed by atoms with Crippen molar-refractivity contribution in [2.24, 2.45) is 0 Å². The van der Waals surface area contributed by atoms with Gasteiger partial charge in [-0.05, 0) is 54.5 Å². The number of carbonyl (C=O) groups is 1. The van der Waals surface area contributed by atoms with Crippen molar-refractivity contribution in [1.82, 2.24) is 0 Å².